The maximum absolute atomic E-state index is 13.8. The highest BCUT2D eigenvalue weighted by Gasteiger charge is 2.41. The van der Waals surface area contributed by atoms with Gasteiger partial charge >= 0.3 is 0 Å². The van der Waals surface area contributed by atoms with Crippen LogP contribution >= 0.6 is 46.4 Å². The Hall–Kier alpha value is -3.73. The summed E-state index contributed by atoms with van der Waals surface area (Å²) in [6.45, 7) is 0.249. The van der Waals surface area contributed by atoms with Crippen molar-refractivity contribution in [3.8, 4) is 11.5 Å². The van der Waals surface area contributed by atoms with Crippen LogP contribution in [0.25, 0.3) is 6.08 Å². The number of para-hydroxylation sites is 2. The van der Waals surface area contributed by atoms with Gasteiger partial charge in [-0.15, -0.1) is 0 Å². The predicted octanol–water partition coefficient (Wildman–Crippen LogP) is 7.28. The number of thiocarbonyl (C=S) groups is 1. The van der Waals surface area contributed by atoms with Crippen molar-refractivity contribution in [2.75, 3.05) is 16.9 Å². The number of anilines is 2. The Morgan fingerprint density at radius 2 is 1.40 bits per heavy atom. The first-order valence-corrected chi connectivity index (χ1v) is 14.0. The predicted molar refractivity (Wildman–Crippen MR) is 170 cm³/mol. The third-order valence-corrected chi connectivity index (χ3v) is 7.71. The molecular weight excluding hydrogens is 659 g/mol. The Morgan fingerprint density at radius 3 is 1.95 bits per heavy atom. The van der Waals surface area contributed by atoms with E-state index in [2.05, 4.69) is 22.6 Å². The van der Waals surface area contributed by atoms with E-state index in [-0.39, 0.29) is 17.3 Å². The lowest BCUT2D eigenvalue weighted by Gasteiger charge is -2.36. The quantitative estimate of drug-likeness (QED) is 0.0889. The molecule has 0 aliphatic carbocycles. The molecule has 0 bridgehead atoms. The third kappa shape index (κ3) is 5.60. The topological polar surface area (TPSA) is 59.1 Å². The van der Waals surface area contributed by atoms with Gasteiger partial charge in [0.05, 0.1) is 22.1 Å². The maximum atomic E-state index is 13.8. The Bertz CT molecular complexity index is 1570. The van der Waals surface area contributed by atoms with Gasteiger partial charge in [0.15, 0.2) is 16.6 Å². The van der Waals surface area contributed by atoms with Gasteiger partial charge in [-0.1, -0.05) is 66.2 Å². The molecule has 1 aliphatic rings. The first-order chi connectivity index (χ1) is 19.4. The molecule has 1 fully saturated rings. The standard InChI is InChI=1S/C31H22ClIN2O4S/c1-38-27-18-20(17-26(33)28(27)39-19-21-10-8-9-15-25(21)32)16-24-29(36)34(22-11-4-2-5-12-22)31(40)35(30(24)37)23-13-6-3-7-14-23/h2-18H,19H2,1H3. The second kappa shape index (κ2) is 12.2. The lowest BCUT2D eigenvalue weighted by molar-refractivity contribution is -0.120. The van der Waals surface area contributed by atoms with Crippen LogP contribution in [0.2, 0.25) is 5.02 Å². The Balaban J connectivity index is 1.55. The fourth-order valence-corrected chi connectivity index (χ4v) is 5.58. The molecule has 0 unspecified atom stereocenters. The van der Waals surface area contributed by atoms with Gasteiger partial charge in [-0.3, -0.25) is 19.4 Å². The van der Waals surface area contributed by atoms with Crippen molar-refractivity contribution >= 4 is 80.8 Å². The number of hydrogen-bond donors (Lipinski definition) is 0. The highest BCUT2D eigenvalue weighted by atomic mass is 127. The number of hydrogen-bond acceptors (Lipinski definition) is 5. The molecule has 1 aliphatic heterocycles. The molecule has 4 aromatic rings. The van der Waals surface area contributed by atoms with Gasteiger partial charge in [-0.25, -0.2) is 0 Å². The van der Waals surface area contributed by atoms with Gasteiger partial charge < -0.3 is 9.47 Å². The zero-order valence-corrected chi connectivity index (χ0v) is 24.9. The van der Waals surface area contributed by atoms with Crippen LogP contribution in [-0.2, 0) is 16.2 Å². The SMILES string of the molecule is COc1cc(C=C2C(=O)N(c3ccccc3)C(=S)N(c3ccccc3)C2=O)cc(I)c1OCc1ccccc1Cl. The number of carbonyl (C=O) groups excluding carboxylic acids is 2. The Labute approximate surface area is 255 Å². The van der Waals surface area contributed by atoms with Crippen LogP contribution in [0.5, 0.6) is 11.5 Å². The number of amides is 2. The van der Waals surface area contributed by atoms with Crippen LogP contribution in [-0.4, -0.2) is 24.0 Å². The first-order valence-electron chi connectivity index (χ1n) is 12.2. The summed E-state index contributed by atoms with van der Waals surface area (Å²) in [7, 11) is 1.54. The summed E-state index contributed by atoms with van der Waals surface area (Å²) in [5, 5.41) is 0.691. The van der Waals surface area contributed by atoms with E-state index in [0.29, 0.717) is 33.5 Å². The minimum Gasteiger partial charge on any atom is -0.493 e. The minimum absolute atomic E-state index is 0.0381. The number of carbonyl (C=O) groups is 2. The summed E-state index contributed by atoms with van der Waals surface area (Å²) >= 11 is 14.1. The lowest BCUT2D eigenvalue weighted by atomic mass is 10.0. The van der Waals surface area contributed by atoms with Crippen molar-refractivity contribution in [2.24, 2.45) is 0 Å². The number of methoxy groups -OCH3 is 1. The first kappa shape index (κ1) is 27.8. The van der Waals surface area contributed by atoms with Crippen molar-refractivity contribution in [3.05, 3.63) is 122 Å². The van der Waals surface area contributed by atoms with Gasteiger partial charge in [0, 0.05) is 10.6 Å². The van der Waals surface area contributed by atoms with E-state index in [1.54, 1.807) is 42.5 Å². The van der Waals surface area contributed by atoms with Crippen molar-refractivity contribution in [3.63, 3.8) is 0 Å². The smallest absolute Gasteiger partial charge is 0.270 e. The van der Waals surface area contributed by atoms with Gasteiger partial charge in [-0.05, 0) is 88.9 Å². The van der Waals surface area contributed by atoms with Crippen LogP contribution in [0.15, 0.2) is 103 Å². The van der Waals surface area contributed by atoms with E-state index in [1.165, 1.54) is 16.9 Å². The van der Waals surface area contributed by atoms with Crippen LogP contribution in [0, 0.1) is 3.57 Å². The number of ether oxygens (including phenoxy) is 2. The fraction of sp³-hybridized carbons (Fsp3) is 0.0645. The van der Waals surface area contributed by atoms with Crippen LogP contribution in [0.4, 0.5) is 11.4 Å². The molecule has 5 rings (SSSR count). The van der Waals surface area contributed by atoms with Crippen molar-refractivity contribution in [1.29, 1.82) is 0 Å². The highest BCUT2D eigenvalue weighted by molar-refractivity contribution is 14.1. The van der Waals surface area contributed by atoms with E-state index in [4.69, 9.17) is 33.3 Å². The molecule has 1 heterocycles. The Morgan fingerprint density at radius 1 is 0.850 bits per heavy atom. The largest absolute Gasteiger partial charge is 0.493 e. The molecule has 0 aromatic heterocycles. The number of benzene rings is 4. The number of rotatable bonds is 7. The van der Waals surface area contributed by atoms with Crippen molar-refractivity contribution < 1.29 is 19.1 Å². The molecule has 0 radical (unpaired) electrons. The molecule has 0 atom stereocenters. The zero-order chi connectivity index (χ0) is 28.2. The van der Waals surface area contributed by atoms with E-state index >= 15 is 0 Å². The third-order valence-electron chi connectivity index (χ3n) is 6.17. The summed E-state index contributed by atoms with van der Waals surface area (Å²) in [4.78, 5) is 30.3. The molecule has 6 nitrogen and oxygen atoms in total. The monoisotopic (exact) mass is 680 g/mol. The van der Waals surface area contributed by atoms with E-state index in [0.717, 1.165) is 9.13 Å². The molecule has 40 heavy (non-hydrogen) atoms. The average Bonchev–Trinajstić information content (AvgIpc) is 2.96. The minimum atomic E-state index is -0.513. The molecule has 200 valence electrons. The second-order valence-electron chi connectivity index (χ2n) is 8.71. The zero-order valence-electron chi connectivity index (χ0n) is 21.2. The van der Waals surface area contributed by atoms with E-state index < -0.39 is 11.8 Å². The van der Waals surface area contributed by atoms with E-state index in [9.17, 15) is 9.59 Å². The molecule has 0 spiro atoms. The molecule has 0 saturated carbocycles. The van der Waals surface area contributed by atoms with E-state index in [1.807, 2.05) is 60.7 Å². The lowest BCUT2D eigenvalue weighted by Crippen LogP contribution is -2.56. The summed E-state index contributed by atoms with van der Waals surface area (Å²) < 4.78 is 12.4. The summed E-state index contributed by atoms with van der Waals surface area (Å²) in [6, 6.07) is 29.0. The summed E-state index contributed by atoms with van der Waals surface area (Å²) in [5.41, 5.74) is 2.52. The maximum Gasteiger partial charge on any atom is 0.270 e. The molecular formula is C31H22ClIN2O4S. The molecule has 4 aromatic carbocycles. The highest BCUT2D eigenvalue weighted by Crippen LogP contribution is 2.37. The van der Waals surface area contributed by atoms with Crippen molar-refractivity contribution in [2.45, 2.75) is 6.61 Å². The van der Waals surface area contributed by atoms with Crippen LogP contribution in [0.3, 0.4) is 0 Å². The molecule has 0 N–H and O–H groups in total. The summed E-state index contributed by atoms with van der Waals surface area (Å²) in [6.07, 6.45) is 1.56. The number of halogens is 2. The van der Waals surface area contributed by atoms with Crippen LogP contribution < -0.4 is 19.3 Å². The van der Waals surface area contributed by atoms with Gasteiger partial charge in [0.25, 0.3) is 11.8 Å². The normalized spacial score (nSPS) is 13.5. The summed E-state index contributed by atoms with van der Waals surface area (Å²) in [5.74, 6) is -0.0378. The van der Waals surface area contributed by atoms with Gasteiger partial charge in [-0.2, -0.15) is 0 Å². The van der Waals surface area contributed by atoms with Crippen LogP contribution in [0.1, 0.15) is 11.1 Å². The van der Waals surface area contributed by atoms with Gasteiger partial charge in [0.1, 0.15) is 12.2 Å². The van der Waals surface area contributed by atoms with Gasteiger partial charge in [0.2, 0.25) is 0 Å². The average molecular weight is 681 g/mol. The molecule has 1 saturated heterocycles. The molecule has 2 amide bonds. The molecule has 9 heteroatoms. The fourth-order valence-electron chi connectivity index (χ4n) is 4.23. The number of nitrogens with zero attached hydrogens (tertiary/aromatic N) is 2. The Kier molecular flexibility index (Phi) is 8.49. The second-order valence-corrected chi connectivity index (χ2v) is 10.6. The van der Waals surface area contributed by atoms with Crippen molar-refractivity contribution in [1.82, 2.24) is 0 Å².